The molecule has 0 spiro atoms. The van der Waals surface area contributed by atoms with E-state index in [1.165, 1.54) is 23.5 Å². The summed E-state index contributed by atoms with van der Waals surface area (Å²) in [5.74, 6) is -1.72. The van der Waals surface area contributed by atoms with Crippen molar-refractivity contribution >= 4 is 11.3 Å². The third-order valence-electron chi connectivity index (χ3n) is 2.90. The van der Waals surface area contributed by atoms with Crippen LogP contribution in [0.2, 0.25) is 0 Å². The molecule has 0 saturated carbocycles. The Morgan fingerprint density at radius 3 is 2.52 bits per heavy atom. The summed E-state index contributed by atoms with van der Waals surface area (Å²) in [6.45, 7) is 5.17. The minimum atomic E-state index is -0.686. The molecule has 3 nitrogen and oxygen atoms in total. The van der Waals surface area contributed by atoms with Gasteiger partial charge in [0.25, 0.3) is 0 Å². The molecule has 114 valence electrons. The van der Waals surface area contributed by atoms with Gasteiger partial charge < -0.3 is 10.1 Å². The van der Waals surface area contributed by atoms with Gasteiger partial charge in [0.15, 0.2) is 17.4 Å². The second-order valence-electron chi connectivity index (χ2n) is 4.54. The average Bonchev–Trinajstić information content (AvgIpc) is 2.92. The standard InChI is InChI=1S/C15H18F2N2OS/c1-3-14-19-11(9-21-14)8-20-15-12(16)5-10(6-13(15)17)7-18-4-2/h5-6,9,18H,3-4,7-8H2,1-2H3. The van der Waals surface area contributed by atoms with E-state index in [1.807, 2.05) is 19.2 Å². The molecule has 1 heterocycles. The maximum absolute atomic E-state index is 13.9. The van der Waals surface area contributed by atoms with Gasteiger partial charge in [-0.1, -0.05) is 13.8 Å². The van der Waals surface area contributed by atoms with E-state index >= 15 is 0 Å². The van der Waals surface area contributed by atoms with Crippen molar-refractivity contribution in [2.24, 2.45) is 0 Å². The van der Waals surface area contributed by atoms with E-state index in [0.717, 1.165) is 18.0 Å². The van der Waals surface area contributed by atoms with Crippen molar-refractivity contribution in [3.63, 3.8) is 0 Å². The average molecular weight is 312 g/mol. The third kappa shape index (κ3) is 4.22. The van der Waals surface area contributed by atoms with Crippen molar-refractivity contribution < 1.29 is 13.5 Å². The van der Waals surface area contributed by atoms with Gasteiger partial charge in [-0.25, -0.2) is 13.8 Å². The van der Waals surface area contributed by atoms with Gasteiger partial charge in [-0.05, 0) is 30.7 Å². The molecule has 0 aliphatic carbocycles. The lowest BCUT2D eigenvalue weighted by Crippen LogP contribution is -2.12. The normalized spacial score (nSPS) is 10.9. The van der Waals surface area contributed by atoms with Crippen LogP contribution in [0, 0.1) is 11.6 Å². The van der Waals surface area contributed by atoms with Crippen LogP contribution in [0.1, 0.15) is 30.1 Å². The Kier molecular flexibility index (Phi) is 5.64. The van der Waals surface area contributed by atoms with Crippen molar-refractivity contribution in [1.82, 2.24) is 10.3 Å². The molecule has 21 heavy (non-hydrogen) atoms. The molecule has 0 aliphatic heterocycles. The summed E-state index contributed by atoms with van der Waals surface area (Å²) in [4.78, 5) is 4.30. The molecule has 0 amide bonds. The molecule has 0 bridgehead atoms. The van der Waals surface area contributed by atoms with Crippen LogP contribution in [0.25, 0.3) is 0 Å². The molecule has 6 heteroatoms. The summed E-state index contributed by atoms with van der Waals surface area (Å²) in [5.41, 5.74) is 1.24. The number of nitrogens with one attached hydrogen (secondary N) is 1. The van der Waals surface area contributed by atoms with Gasteiger partial charge in [-0.15, -0.1) is 11.3 Å². The molecule has 1 N–H and O–H groups in total. The number of hydrogen-bond acceptors (Lipinski definition) is 4. The number of halogens is 2. The fourth-order valence-electron chi connectivity index (χ4n) is 1.85. The molecule has 1 aromatic heterocycles. The minimum absolute atomic E-state index is 0.0664. The molecule has 2 aromatic rings. The Balaban J connectivity index is 2.05. The van der Waals surface area contributed by atoms with Crippen molar-refractivity contribution in [1.29, 1.82) is 0 Å². The number of aromatic nitrogens is 1. The van der Waals surface area contributed by atoms with Gasteiger partial charge in [0.2, 0.25) is 0 Å². The van der Waals surface area contributed by atoms with Crippen LogP contribution in [0.5, 0.6) is 5.75 Å². The first-order valence-electron chi connectivity index (χ1n) is 6.88. The van der Waals surface area contributed by atoms with E-state index in [9.17, 15) is 8.78 Å². The summed E-state index contributed by atoms with van der Waals surface area (Å²) in [6.07, 6.45) is 0.840. The maximum atomic E-state index is 13.9. The largest absolute Gasteiger partial charge is 0.481 e. The summed E-state index contributed by atoms with van der Waals surface area (Å²) in [5, 5.41) is 5.85. The van der Waals surface area contributed by atoms with Crippen LogP contribution < -0.4 is 10.1 Å². The molecular formula is C15H18F2N2OS. The molecule has 0 fully saturated rings. The van der Waals surface area contributed by atoms with E-state index in [2.05, 4.69) is 10.3 Å². The predicted octanol–water partition coefficient (Wildman–Crippen LogP) is 3.67. The first kappa shape index (κ1) is 15.9. The summed E-state index contributed by atoms with van der Waals surface area (Å²) in [6, 6.07) is 2.58. The first-order chi connectivity index (χ1) is 10.1. The fourth-order valence-corrected chi connectivity index (χ4v) is 2.57. The zero-order valence-corrected chi connectivity index (χ0v) is 12.9. The SMILES string of the molecule is CCNCc1cc(F)c(OCc2csc(CC)n2)c(F)c1. The number of rotatable bonds is 7. The Morgan fingerprint density at radius 1 is 1.24 bits per heavy atom. The Bertz CT molecular complexity index is 578. The number of aryl methyl sites for hydroxylation is 1. The number of benzene rings is 1. The highest BCUT2D eigenvalue weighted by molar-refractivity contribution is 7.09. The van der Waals surface area contributed by atoms with E-state index in [1.54, 1.807) is 0 Å². The first-order valence-corrected chi connectivity index (χ1v) is 7.76. The van der Waals surface area contributed by atoms with E-state index < -0.39 is 11.6 Å². The van der Waals surface area contributed by atoms with Crippen LogP contribution >= 0.6 is 11.3 Å². The zero-order valence-electron chi connectivity index (χ0n) is 12.1. The van der Waals surface area contributed by atoms with E-state index in [-0.39, 0.29) is 12.4 Å². The van der Waals surface area contributed by atoms with E-state index in [4.69, 9.17) is 4.74 Å². The number of hydrogen-bond donors (Lipinski definition) is 1. The Morgan fingerprint density at radius 2 is 1.95 bits per heavy atom. The highest BCUT2D eigenvalue weighted by atomic mass is 32.1. The number of thiazole rings is 1. The topological polar surface area (TPSA) is 34.1 Å². The van der Waals surface area contributed by atoms with Gasteiger partial charge in [-0.3, -0.25) is 0 Å². The second kappa shape index (κ2) is 7.47. The lowest BCUT2D eigenvalue weighted by Gasteiger charge is -2.09. The Hall–Kier alpha value is -1.53. The molecule has 0 unspecified atom stereocenters. The monoisotopic (exact) mass is 312 g/mol. The van der Waals surface area contributed by atoms with Crippen LogP contribution in [-0.2, 0) is 19.6 Å². The number of nitrogens with zero attached hydrogens (tertiary/aromatic N) is 1. The van der Waals surface area contributed by atoms with Crippen LogP contribution in [0.4, 0.5) is 8.78 Å². The van der Waals surface area contributed by atoms with Crippen LogP contribution in [-0.4, -0.2) is 11.5 Å². The lowest BCUT2D eigenvalue weighted by molar-refractivity contribution is 0.270. The Labute approximate surface area is 127 Å². The van der Waals surface area contributed by atoms with Gasteiger partial charge in [0, 0.05) is 11.9 Å². The molecule has 0 atom stereocenters. The molecule has 0 radical (unpaired) electrons. The molecule has 0 saturated heterocycles. The zero-order chi connectivity index (χ0) is 15.2. The smallest absolute Gasteiger partial charge is 0.191 e. The highest BCUT2D eigenvalue weighted by Gasteiger charge is 2.13. The molecule has 2 rings (SSSR count). The quantitative estimate of drug-likeness (QED) is 0.847. The van der Waals surface area contributed by atoms with Gasteiger partial charge in [0.1, 0.15) is 6.61 Å². The predicted molar refractivity (Wildman–Crippen MR) is 79.6 cm³/mol. The van der Waals surface area contributed by atoms with Crippen LogP contribution in [0.15, 0.2) is 17.5 Å². The fraction of sp³-hybridized carbons (Fsp3) is 0.400. The molecule has 0 aliphatic rings. The van der Waals surface area contributed by atoms with E-state index in [0.29, 0.717) is 17.8 Å². The summed E-state index contributed by atoms with van der Waals surface area (Å²) in [7, 11) is 0. The molecular weight excluding hydrogens is 294 g/mol. The van der Waals surface area contributed by atoms with Gasteiger partial charge in [0.05, 0.1) is 10.7 Å². The van der Waals surface area contributed by atoms with Crippen molar-refractivity contribution in [2.45, 2.75) is 33.4 Å². The van der Waals surface area contributed by atoms with Crippen LogP contribution in [0.3, 0.4) is 0 Å². The highest BCUT2D eigenvalue weighted by Crippen LogP contribution is 2.24. The number of ether oxygens (including phenoxy) is 1. The van der Waals surface area contributed by atoms with Crippen molar-refractivity contribution in [2.75, 3.05) is 6.54 Å². The lowest BCUT2D eigenvalue weighted by atomic mass is 10.2. The summed E-state index contributed by atoms with van der Waals surface area (Å²) >= 11 is 1.52. The minimum Gasteiger partial charge on any atom is -0.481 e. The van der Waals surface area contributed by atoms with Gasteiger partial charge >= 0.3 is 0 Å². The van der Waals surface area contributed by atoms with Crippen molar-refractivity contribution in [3.05, 3.63) is 45.4 Å². The summed E-state index contributed by atoms with van der Waals surface area (Å²) < 4.78 is 33.0. The second-order valence-corrected chi connectivity index (χ2v) is 5.49. The van der Waals surface area contributed by atoms with Crippen molar-refractivity contribution in [3.8, 4) is 5.75 Å². The van der Waals surface area contributed by atoms with Gasteiger partial charge in [-0.2, -0.15) is 0 Å². The maximum Gasteiger partial charge on any atom is 0.191 e. The third-order valence-corrected chi connectivity index (χ3v) is 3.95. The molecule has 1 aromatic carbocycles.